The number of carbonyl (C=O) groups excluding carboxylic acids is 1. The molecule has 0 saturated heterocycles. The maximum absolute atomic E-state index is 12.0. The summed E-state index contributed by atoms with van der Waals surface area (Å²) in [6.45, 7) is 1.92. The van der Waals surface area contributed by atoms with Crippen molar-refractivity contribution in [2.24, 2.45) is 0 Å². The minimum absolute atomic E-state index is 0.0894. The summed E-state index contributed by atoms with van der Waals surface area (Å²) in [5.74, 6) is -0.151. The van der Waals surface area contributed by atoms with E-state index in [1.807, 2.05) is 19.1 Å². The highest BCUT2D eigenvalue weighted by molar-refractivity contribution is 9.10. The van der Waals surface area contributed by atoms with E-state index in [0.29, 0.717) is 15.2 Å². The Kier molecular flexibility index (Phi) is 4.56. The fourth-order valence-corrected chi connectivity index (χ4v) is 1.99. The Hall–Kier alpha value is -1.39. The van der Waals surface area contributed by atoms with Crippen molar-refractivity contribution in [1.82, 2.24) is 10.3 Å². The summed E-state index contributed by atoms with van der Waals surface area (Å²) < 4.78 is 0.704. The standard InChI is InChI=1S/C14H12BrClN2O/c1-9(10-2-5-12(16)6-3-10)18-14(19)11-4-7-13(15)17-8-11/h2-9H,1H3,(H,18,19). The molecule has 0 radical (unpaired) electrons. The van der Waals surface area contributed by atoms with Gasteiger partial charge in [0.15, 0.2) is 0 Å². The Morgan fingerprint density at radius 2 is 1.95 bits per heavy atom. The number of nitrogens with zero attached hydrogens (tertiary/aromatic N) is 1. The van der Waals surface area contributed by atoms with Gasteiger partial charge >= 0.3 is 0 Å². The summed E-state index contributed by atoms with van der Waals surface area (Å²) in [7, 11) is 0. The van der Waals surface area contributed by atoms with Crippen LogP contribution in [0.4, 0.5) is 0 Å². The van der Waals surface area contributed by atoms with Gasteiger partial charge in [0.25, 0.3) is 5.91 Å². The van der Waals surface area contributed by atoms with E-state index in [1.54, 1.807) is 24.3 Å². The Morgan fingerprint density at radius 1 is 1.26 bits per heavy atom. The molecule has 2 rings (SSSR count). The van der Waals surface area contributed by atoms with E-state index < -0.39 is 0 Å². The molecule has 98 valence electrons. The van der Waals surface area contributed by atoms with Crippen LogP contribution < -0.4 is 5.32 Å². The van der Waals surface area contributed by atoms with Crippen LogP contribution in [0.5, 0.6) is 0 Å². The van der Waals surface area contributed by atoms with Gasteiger partial charge in [0.1, 0.15) is 4.60 Å². The number of benzene rings is 1. The lowest BCUT2D eigenvalue weighted by Crippen LogP contribution is -2.26. The molecule has 0 bridgehead atoms. The quantitative estimate of drug-likeness (QED) is 0.859. The molecule has 1 amide bonds. The van der Waals surface area contributed by atoms with Gasteiger partial charge in [-0.25, -0.2) is 4.98 Å². The number of aromatic nitrogens is 1. The molecule has 1 unspecified atom stereocenters. The van der Waals surface area contributed by atoms with Gasteiger partial charge < -0.3 is 5.32 Å². The normalized spacial score (nSPS) is 11.9. The second-order valence-electron chi connectivity index (χ2n) is 4.12. The van der Waals surface area contributed by atoms with Crippen LogP contribution >= 0.6 is 27.5 Å². The molecule has 1 heterocycles. The SMILES string of the molecule is CC(NC(=O)c1ccc(Br)nc1)c1ccc(Cl)cc1. The second-order valence-corrected chi connectivity index (χ2v) is 5.37. The van der Waals surface area contributed by atoms with Crippen LogP contribution in [0.25, 0.3) is 0 Å². The number of hydrogen-bond donors (Lipinski definition) is 1. The van der Waals surface area contributed by atoms with Crippen molar-refractivity contribution in [1.29, 1.82) is 0 Å². The van der Waals surface area contributed by atoms with Gasteiger partial charge in [0.05, 0.1) is 11.6 Å². The van der Waals surface area contributed by atoms with Crippen LogP contribution in [0, 0.1) is 0 Å². The molecule has 5 heteroatoms. The van der Waals surface area contributed by atoms with E-state index in [1.165, 1.54) is 6.20 Å². The van der Waals surface area contributed by atoms with Crippen molar-refractivity contribution >= 4 is 33.4 Å². The highest BCUT2D eigenvalue weighted by Gasteiger charge is 2.11. The average molecular weight is 340 g/mol. The molecule has 2 aromatic rings. The molecule has 0 saturated carbocycles. The first-order valence-corrected chi connectivity index (χ1v) is 6.91. The van der Waals surface area contributed by atoms with Crippen molar-refractivity contribution < 1.29 is 4.79 Å². The van der Waals surface area contributed by atoms with Crippen molar-refractivity contribution in [3.63, 3.8) is 0 Å². The number of nitrogens with one attached hydrogen (secondary N) is 1. The number of halogens is 2. The number of amides is 1. The molecular formula is C14H12BrClN2O. The van der Waals surface area contributed by atoms with E-state index in [4.69, 9.17) is 11.6 Å². The summed E-state index contributed by atoms with van der Waals surface area (Å²) in [4.78, 5) is 16.0. The molecule has 0 aliphatic carbocycles. The van der Waals surface area contributed by atoms with E-state index in [2.05, 4.69) is 26.2 Å². The third-order valence-electron chi connectivity index (χ3n) is 2.71. The summed E-state index contributed by atoms with van der Waals surface area (Å²) in [5.41, 5.74) is 1.53. The summed E-state index contributed by atoms with van der Waals surface area (Å²) in [6, 6.07) is 10.8. The maximum atomic E-state index is 12.0. The maximum Gasteiger partial charge on any atom is 0.253 e. The molecule has 1 N–H and O–H groups in total. The third kappa shape index (κ3) is 3.78. The lowest BCUT2D eigenvalue weighted by molar-refractivity contribution is 0.0939. The van der Waals surface area contributed by atoms with Crippen molar-refractivity contribution in [3.8, 4) is 0 Å². The zero-order valence-electron chi connectivity index (χ0n) is 10.2. The van der Waals surface area contributed by atoms with Gasteiger partial charge in [-0.05, 0) is 52.7 Å². The number of carbonyl (C=O) groups is 1. The van der Waals surface area contributed by atoms with Crippen LogP contribution in [0.1, 0.15) is 28.9 Å². The first-order chi connectivity index (χ1) is 9.06. The van der Waals surface area contributed by atoms with E-state index in [0.717, 1.165) is 5.56 Å². The Balaban J connectivity index is 2.06. The fourth-order valence-electron chi connectivity index (χ4n) is 1.62. The Labute approximate surface area is 125 Å². The largest absolute Gasteiger partial charge is 0.345 e. The Morgan fingerprint density at radius 3 is 2.53 bits per heavy atom. The molecule has 0 aliphatic rings. The van der Waals surface area contributed by atoms with Gasteiger partial charge in [-0.15, -0.1) is 0 Å². The van der Waals surface area contributed by atoms with E-state index in [-0.39, 0.29) is 11.9 Å². The van der Waals surface area contributed by atoms with Gasteiger partial charge in [-0.1, -0.05) is 23.7 Å². The van der Waals surface area contributed by atoms with Gasteiger partial charge in [-0.3, -0.25) is 4.79 Å². The predicted octanol–water partition coefficient (Wildman–Crippen LogP) is 3.99. The third-order valence-corrected chi connectivity index (χ3v) is 3.43. The highest BCUT2D eigenvalue weighted by atomic mass is 79.9. The van der Waals surface area contributed by atoms with Crippen LogP contribution in [0.15, 0.2) is 47.2 Å². The van der Waals surface area contributed by atoms with Gasteiger partial charge in [0, 0.05) is 11.2 Å². The zero-order valence-corrected chi connectivity index (χ0v) is 12.6. The lowest BCUT2D eigenvalue weighted by Gasteiger charge is -2.14. The predicted molar refractivity (Wildman–Crippen MR) is 79.3 cm³/mol. The lowest BCUT2D eigenvalue weighted by atomic mass is 10.1. The van der Waals surface area contributed by atoms with Crippen molar-refractivity contribution in [3.05, 3.63) is 63.3 Å². The first kappa shape index (κ1) is 14.0. The van der Waals surface area contributed by atoms with Crippen LogP contribution in [-0.2, 0) is 0 Å². The molecule has 3 nitrogen and oxygen atoms in total. The molecular weight excluding hydrogens is 328 g/mol. The highest BCUT2D eigenvalue weighted by Crippen LogP contribution is 2.16. The number of rotatable bonds is 3. The number of pyridine rings is 1. The van der Waals surface area contributed by atoms with Crippen molar-refractivity contribution in [2.75, 3.05) is 0 Å². The zero-order chi connectivity index (χ0) is 13.8. The van der Waals surface area contributed by atoms with E-state index >= 15 is 0 Å². The molecule has 19 heavy (non-hydrogen) atoms. The summed E-state index contributed by atoms with van der Waals surface area (Å²) >= 11 is 9.07. The number of hydrogen-bond acceptors (Lipinski definition) is 2. The monoisotopic (exact) mass is 338 g/mol. The van der Waals surface area contributed by atoms with Gasteiger partial charge in [-0.2, -0.15) is 0 Å². The van der Waals surface area contributed by atoms with Crippen LogP contribution in [-0.4, -0.2) is 10.9 Å². The van der Waals surface area contributed by atoms with Crippen LogP contribution in [0.3, 0.4) is 0 Å². The summed E-state index contributed by atoms with van der Waals surface area (Å²) in [6.07, 6.45) is 1.54. The summed E-state index contributed by atoms with van der Waals surface area (Å²) in [5, 5.41) is 3.59. The minimum Gasteiger partial charge on any atom is -0.345 e. The minimum atomic E-state index is -0.151. The van der Waals surface area contributed by atoms with Gasteiger partial charge in [0.2, 0.25) is 0 Å². The average Bonchev–Trinajstić information content (AvgIpc) is 2.40. The van der Waals surface area contributed by atoms with E-state index in [9.17, 15) is 4.79 Å². The van der Waals surface area contributed by atoms with Crippen LogP contribution in [0.2, 0.25) is 5.02 Å². The molecule has 1 aromatic heterocycles. The molecule has 1 aromatic carbocycles. The smallest absolute Gasteiger partial charge is 0.253 e. The topological polar surface area (TPSA) is 42.0 Å². The molecule has 0 aliphatic heterocycles. The fraction of sp³-hybridized carbons (Fsp3) is 0.143. The Bertz CT molecular complexity index is 569. The first-order valence-electron chi connectivity index (χ1n) is 5.74. The molecule has 0 fully saturated rings. The molecule has 0 spiro atoms. The second kappa shape index (κ2) is 6.17. The van der Waals surface area contributed by atoms with Crippen molar-refractivity contribution in [2.45, 2.75) is 13.0 Å². The molecule has 1 atom stereocenters.